The van der Waals surface area contributed by atoms with Gasteiger partial charge in [0.05, 0.1) is 6.10 Å². The SMILES string of the molecule is O=C(CC[C@H]1CCCO1)NCCc1cccs1. The number of rotatable bonds is 6. The van der Waals surface area contributed by atoms with Crippen LogP contribution in [0.1, 0.15) is 30.6 Å². The summed E-state index contributed by atoms with van der Waals surface area (Å²) in [5, 5.41) is 5.02. The van der Waals surface area contributed by atoms with Gasteiger partial charge in [0.15, 0.2) is 0 Å². The predicted octanol–water partition coefficient (Wildman–Crippen LogP) is 2.37. The first-order valence-corrected chi connectivity index (χ1v) is 7.13. The van der Waals surface area contributed by atoms with Crippen molar-refractivity contribution >= 4 is 17.2 Å². The van der Waals surface area contributed by atoms with Crippen molar-refractivity contribution in [3.63, 3.8) is 0 Å². The van der Waals surface area contributed by atoms with E-state index in [9.17, 15) is 4.79 Å². The van der Waals surface area contributed by atoms with Crippen LogP contribution in [0.25, 0.3) is 0 Å². The van der Waals surface area contributed by atoms with Crippen LogP contribution < -0.4 is 5.32 Å². The fourth-order valence-electron chi connectivity index (χ4n) is 2.03. The van der Waals surface area contributed by atoms with Gasteiger partial charge >= 0.3 is 0 Å². The van der Waals surface area contributed by atoms with Crippen LogP contribution in [-0.2, 0) is 16.0 Å². The van der Waals surface area contributed by atoms with Crippen molar-refractivity contribution < 1.29 is 9.53 Å². The molecule has 1 aromatic rings. The van der Waals surface area contributed by atoms with Crippen LogP contribution in [0.5, 0.6) is 0 Å². The Balaban J connectivity index is 1.54. The highest BCUT2D eigenvalue weighted by molar-refractivity contribution is 7.09. The molecule has 1 aliphatic heterocycles. The predicted molar refractivity (Wildman–Crippen MR) is 69.2 cm³/mol. The summed E-state index contributed by atoms with van der Waals surface area (Å²) in [7, 11) is 0. The lowest BCUT2D eigenvalue weighted by molar-refractivity contribution is -0.121. The molecule has 1 N–H and O–H groups in total. The van der Waals surface area contributed by atoms with E-state index in [-0.39, 0.29) is 5.91 Å². The van der Waals surface area contributed by atoms with Crippen molar-refractivity contribution in [3.8, 4) is 0 Å². The number of amides is 1. The van der Waals surface area contributed by atoms with E-state index >= 15 is 0 Å². The molecule has 94 valence electrons. The van der Waals surface area contributed by atoms with Crippen molar-refractivity contribution in [2.45, 2.75) is 38.2 Å². The number of carbonyl (C=O) groups is 1. The lowest BCUT2D eigenvalue weighted by Crippen LogP contribution is -2.26. The third kappa shape index (κ3) is 4.48. The number of ether oxygens (including phenoxy) is 1. The lowest BCUT2D eigenvalue weighted by Gasteiger charge is -2.09. The molecule has 1 atom stereocenters. The maximum absolute atomic E-state index is 11.6. The van der Waals surface area contributed by atoms with E-state index in [4.69, 9.17) is 4.74 Å². The Morgan fingerprint density at radius 2 is 2.53 bits per heavy atom. The van der Waals surface area contributed by atoms with Gasteiger partial charge in [0.2, 0.25) is 5.91 Å². The molecule has 2 rings (SSSR count). The molecular weight excluding hydrogens is 234 g/mol. The Labute approximate surface area is 106 Å². The van der Waals surface area contributed by atoms with E-state index in [0.717, 1.165) is 38.8 Å². The molecule has 17 heavy (non-hydrogen) atoms. The second-order valence-corrected chi connectivity index (χ2v) is 5.39. The second-order valence-electron chi connectivity index (χ2n) is 4.35. The van der Waals surface area contributed by atoms with Gasteiger partial charge in [-0.2, -0.15) is 0 Å². The summed E-state index contributed by atoms with van der Waals surface area (Å²) in [4.78, 5) is 12.9. The molecule has 1 fully saturated rings. The molecule has 1 saturated heterocycles. The monoisotopic (exact) mass is 253 g/mol. The Morgan fingerprint density at radius 1 is 1.59 bits per heavy atom. The van der Waals surface area contributed by atoms with Crippen molar-refractivity contribution in [2.75, 3.05) is 13.2 Å². The molecule has 1 amide bonds. The normalized spacial score (nSPS) is 19.4. The molecule has 0 saturated carbocycles. The van der Waals surface area contributed by atoms with Crippen molar-refractivity contribution in [3.05, 3.63) is 22.4 Å². The average molecular weight is 253 g/mol. The molecule has 0 aliphatic carbocycles. The number of hydrogen-bond donors (Lipinski definition) is 1. The zero-order valence-electron chi connectivity index (χ0n) is 9.98. The third-order valence-corrected chi connectivity index (χ3v) is 3.93. The Bertz CT molecular complexity index is 331. The fourth-order valence-corrected chi connectivity index (χ4v) is 2.74. The Morgan fingerprint density at radius 3 is 3.24 bits per heavy atom. The van der Waals surface area contributed by atoms with Crippen LogP contribution in [0.15, 0.2) is 17.5 Å². The van der Waals surface area contributed by atoms with Crippen LogP contribution in [0, 0.1) is 0 Å². The van der Waals surface area contributed by atoms with Crippen molar-refractivity contribution in [1.82, 2.24) is 5.32 Å². The maximum atomic E-state index is 11.6. The summed E-state index contributed by atoms with van der Waals surface area (Å²) < 4.78 is 5.49. The summed E-state index contributed by atoms with van der Waals surface area (Å²) in [6, 6.07) is 4.14. The molecule has 0 unspecified atom stereocenters. The first-order chi connectivity index (χ1) is 8.34. The number of nitrogens with one attached hydrogen (secondary N) is 1. The van der Waals surface area contributed by atoms with Gasteiger partial charge < -0.3 is 10.1 Å². The molecule has 3 nitrogen and oxygen atoms in total. The van der Waals surface area contributed by atoms with E-state index in [0.29, 0.717) is 12.5 Å². The van der Waals surface area contributed by atoms with Crippen LogP contribution in [-0.4, -0.2) is 25.2 Å². The summed E-state index contributed by atoms with van der Waals surface area (Å²) in [5.41, 5.74) is 0. The van der Waals surface area contributed by atoms with E-state index in [1.165, 1.54) is 4.88 Å². The van der Waals surface area contributed by atoms with E-state index in [1.807, 2.05) is 6.07 Å². The first kappa shape index (κ1) is 12.6. The van der Waals surface area contributed by atoms with Crippen LogP contribution >= 0.6 is 11.3 Å². The minimum atomic E-state index is 0.150. The first-order valence-electron chi connectivity index (χ1n) is 6.25. The smallest absolute Gasteiger partial charge is 0.220 e. The zero-order chi connectivity index (χ0) is 11.9. The summed E-state index contributed by atoms with van der Waals surface area (Å²) in [5.74, 6) is 0.150. The van der Waals surface area contributed by atoms with Gasteiger partial charge in [-0.25, -0.2) is 0 Å². The number of hydrogen-bond acceptors (Lipinski definition) is 3. The molecule has 1 aromatic heterocycles. The molecule has 0 bridgehead atoms. The highest BCUT2D eigenvalue weighted by Crippen LogP contribution is 2.16. The molecule has 0 radical (unpaired) electrons. The lowest BCUT2D eigenvalue weighted by atomic mass is 10.1. The number of carbonyl (C=O) groups excluding carboxylic acids is 1. The van der Waals surface area contributed by atoms with Gasteiger partial charge in [0.25, 0.3) is 0 Å². The quantitative estimate of drug-likeness (QED) is 0.845. The minimum Gasteiger partial charge on any atom is -0.378 e. The largest absolute Gasteiger partial charge is 0.378 e. The molecular formula is C13H19NO2S. The Kier molecular flexibility index (Phi) is 5.01. The summed E-state index contributed by atoms with van der Waals surface area (Å²) in [6.07, 6.45) is 4.97. The van der Waals surface area contributed by atoms with Gasteiger partial charge in [0, 0.05) is 24.4 Å². The van der Waals surface area contributed by atoms with Gasteiger partial charge in [0.1, 0.15) is 0 Å². The van der Waals surface area contributed by atoms with Gasteiger partial charge in [-0.05, 0) is 37.1 Å². The molecule has 0 spiro atoms. The molecule has 2 heterocycles. The van der Waals surface area contributed by atoms with Gasteiger partial charge in [-0.1, -0.05) is 6.07 Å². The zero-order valence-corrected chi connectivity index (χ0v) is 10.8. The summed E-state index contributed by atoms with van der Waals surface area (Å²) >= 11 is 1.74. The topological polar surface area (TPSA) is 38.3 Å². The molecule has 4 heteroatoms. The van der Waals surface area contributed by atoms with Gasteiger partial charge in [-0.3, -0.25) is 4.79 Å². The van der Waals surface area contributed by atoms with Crippen molar-refractivity contribution in [1.29, 1.82) is 0 Å². The summed E-state index contributed by atoms with van der Waals surface area (Å²) in [6.45, 7) is 1.61. The van der Waals surface area contributed by atoms with Crippen LogP contribution in [0.3, 0.4) is 0 Å². The van der Waals surface area contributed by atoms with Crippen molar-refractivity contribution in [2.24, 2.45) is 0 Å². The standard InChI is InChI=1S/C13H19NO2S/c15-13(6-5-11-3-1-9-16-11)14-8-7-12-4-2-10-17-12/h2,4,10-11H,1,3,5-9H2,(H,14,15)/t11-/m1/s1. The highest BCUT2D eigenvalue weighted by atomic mass is 32.1. The number of thiophene rings is 1. The third-order valence-electron chi connectivity index (χ3n) is 2.99. The highest BCUT2D eigenvalue weighted by Gasteiger charge is 2.16. The van der Waals surface area contributed by atoms with E-state index in [1.54, 1.807) is 11.3 Å². The Hall–Kier alpha value is -0.870. The van der Waals surface area contributed by atoms with Gasteiger partial charge in [-0.15, -0.1) is 11.3 Å². The maximum Gasteiger partial charge on any atom is 0.220 e. The van der Waals surface area contributed by atoms with Crippen LogP contribution in [0.4, 0.5) is 0 Å². The van der Waals surface area contributed by atoms with E-state index in [2.05, 4.69) is 16.8 Å². The van der Waals surface area contributed by atoms with Crippen LogP contribution in [0.2, 0.25) is 0 Å². The fraction of sp³-hybridized carbons (Fsp3) is 0.615. The molecule has 0 aromatic carbocycles. The molecule has 1 aliphatic rings. The van der Waals surface area contributed by atoms with E-state index < -0.39 is 0 Å². The average Bonchev–Trinajstić information content (AvgIpc) is 2.99. The minimum absolute atomic E-state index is 0.150. The second kappa shape index (κ2) is 6.77.